The van der Waals surface area contributed by atoms with Gasteiger partial charge in [0.1, 0.15) is 28.4 Å². The normalized spacial score (nSPS) is 15.4. The number of nitrogens with zero attached hydrogens (tertiary/aromatic N) is 1. The van der Waals surface area contributed by atoms with Crippen LogP contribution in [0, 0.1) is 6.92 Å². The Hall–Kier alpha value is -3.51. The lowest BCUT2D eigenvalue weighted by atomic mass is 9.88. The number of ether oxygens (including phenoxy) is 2. The standard InChI is InChI=1S/C29H31NO5/c1-4-34-29(32)23-18(2)35-28-22-11-7-6-10-21(22)27(31)25(24(23)28)26(30-16-8-5-9-17-30)19-12-14-20(33-3)15-13-19/h6-7,10-15,26,31H,4-5,8-9,16-17H2,1-3H3. The van der Waals surface area contributed by atoms with E-state index in [2.05, 4.69) is 4.90 Å². The van der Waals surface area contributed by atoms with Gasteiger partial charge in [-0.1, -0.05) is 42.8 Å². The Morgan fingerprint density at radius 2 is 1.74 bits per heavy atom. The van der Waals surface area contributed by atoms with Crippen molar-refractivity contribution in [1.29, 1.82) is 0 Å². The summed E-state index contributed by atoms with van der Waals surface area (Å²) in [7, 11) is 1.65. The fraction of sp³-hybridized carbons (Fsp3) is 0.345. The number of phenols is 1. The Balaban J connectivity index is 1.87. The topological polar surface area (TPSA) is 72.1 Å². The van der Waals surface area contributed by atoms with Crippen LogP contribution in [0.1, 0.15) is 59.5 Å². The van der Waals surface area contributed by atoms with E-state index in [1.165, 1.54) is 6.42 Å². The van der Waals surface area contributed by atoms with Crippen LogP contribution in [0.5, 0.6) is 11.5 Å². The van der Waals surface area contributed by atoms with Crippen molar-refractivity contribution < 1.29 is 23.8 Å². The maximum absolute atomic E-state index is 13.2. The van der Waals surface area contributed by atoms with Crippen molar-refractivity contribution in [3.8, 4) is 11.5 Å². The third-order valence-corrected chi connectivity index (χ3v) is 6.98. The molecule has 35 heavy (non-hydrogen) atoms. The molecule has 182 valence electrons. The van der Waals surface area contributed by atoms with E-state index < -0.39 is 5.97 Å². The number of esters is 1. The maximum Gasteiger partial charge on any atom is 0.342 e. The molecule has 1 N–H and O–H groups in total. The molecule has 0 radical (unpaired) electrons. The van der Waals surface area contributed by atoms with Crippen LogP contribution >= 0.6 is 0 Å². The highest BCUT2D eigenvalue weighted by Gasteiger charge is 2.34. The third-order valence-electron chi connectivity index (χ3n) is 6.98. The molecule has 1 saturated heterocycles. The highest BCUT2D eigenvalue weighted by atomic mass is 16.5. The molecule has 0 spiro atoms. The summed E-state index contributed by atoms with van der Waals surface area (Å²) in [5.41, 5.74) is 2.69. The molecular formula is C29H31NO5. The van der Waals surface area contributed by atoms with E-state index in [-0.39, 0.29) is 18.4 Å². The van der Waals surface area contributed by atoms with E-state index in [0.29, 0.717) is 33.2 Å². The largest absolute Gasteiger partial charge is 0.507 e. The summed E-state index contributed by atoms with van der Waals surface area (Å²) in [6.45, 7) is 5.63. The fourth-order valence-corrected chi connectivity index (χ4v) is 5.38. The van der Waals surface area contributed by atoms with Gasteiger partial charge in [0, 0.05) is 21.7 Å². The number of hydrogen-bond acceptors (Lipinski definition) is 6. The Morgan fingerprint density at radius 1 is 1.06 bits per heavy atom. The minimum atomic E-state index is -0.438. The summed E-state index contributed by atoms with van der Waals surface area (Å²) in [5.74, 6) is 0.991. The van der Waals surface area contributed by atoms with E-state index in [1.54, 1.807) is 21.0 Å². The molecule has 0 aliphatic carbocycles. The van der Waals surface area contributed by atoms with Crippen molar-refractivity contribution in [1.82, 2.24) is 4.90 Å². The second-order valence-electron chi connectivity index (χ2n) is 9.04. The van der Waals surface area contributed by atoms with Gasteiger partial charge in [-0.15, -0.1) is 0 Å². The molecule has 1 aliphatic heterocycles. The zero-order valence-electron chi connectivity index (χ0n) is 20.5. The van der Waals surface area contributed by atoms with Gasteiger partial charge in [0.15, 0.2) is 0 Å². The van der Waals surface area contributed by atoms with Gasteiger partial charge in [0.05, 0.1) is 19.8 Å². The highest BCUT2D eigenvalue weighted by Crippen LogP contribution is 2.48. The lowest BCUT2D eigenvalue weighted by molar-refractivity contribution is 0.0526. The Bertz CT molecular complexity index is 1370. The van der Waals surface area contributed by atoms with Gasteiger partial charge in [-0.25, -0.2) is 4.79 Å². The number of phenolic OH excluding ortho intramolecular Hbond substituents is 1. The summed E-state index contributed by atoms with van der Waals surface area (Å²) in [6.07, 6.45) is 3.35. The second-order valence-corrected chi connectivity index (χ2v) is 9.04. The molecule has 1 unspecified atom stereocenters. The number of rotatable bonds is 6. The van der Waals surface area contributed by atoms with Crippen LogP contribution in [-0.4, -0.2) is 42.8 Å². The Labute approximate surface area is 205 Å². The van der Waals surface area contributed by atoms with Crippen molar-refractivity contribution in [3.05, 3.63) is 71.0 Å². The van der Waals surface area contributed by atoms with Crippen LogP contribution < -0.4 is 4.74 Å². The molecular weight excluding hydrogens is 442 g/mol. The van der Waals surface area contributed by atoms with Gasteiger partial charge < -0.3 is 19.0 Å². The SMILES string of the molecule is CCOC(=O)c1c(C)oc2c1c(C(c1ccc(OC)cc1)N1CCCCC1)c(O)c1ccccc12. The fourth-order valence-electron chi connectivity index (χ4n) is 5.38. The minimum Gasteiger partial charge on any atom is -0.507 e. The van der Waals surface area contributed by atoms with E-state index in [4.69, 9.17) is 13.9 Å². The quantitative estimate of drug-likeness (QED) is 0.329. The molecule has 0 bridgehead atoms. The predicted molar refractivity (Wildman–Crippen MR) is 136 cm³/mol. The van der Waals surface area contributed by atoms with Gasteiger partial charge >= 0.3 is 5.97 Å². The second kappa shape index (κ2) is 9.62. The molecule has 6 nitrogen and oxygen atoms in total. The van der Waals surface area contributed by atoms with Crippen molar-refractivity contribution in [3.63, 3.8) is 0 Å². The van der Waals surface area contributed by atoms with Gasteiger partial charge in [-0.3, -0.25) is 4.90 Å². The number of aryl methyl sites for hydroxylation is 1. The molecule has 0 saturated carbocycles. The third kappa shape index (κ3) is 4.02. The molecule has 1 fully saturated rings. The van der Waals surface area contributed by atoms with Crippen molar-refractivity contribution in [2.75, 3.05) is 26.8 Å². The number of aromatic hydroxyl groups is 1. The molecule has 2 heterocycles. The number of carbonyl (C=O) groups is 1. The van der Waals surface area contributed by atoms with Gasteiger partial charge in [-0.2, -0.15) is 0 Å². The smallest absolute Gasteiger partial charge is 0.342 e. The van der Waals surface area contributed by atoms with Crippen molar-refractivity contribution in [2.24, 2.45) is 0 Å². The first-order valence-corrected chi connectivity index (χ1v) is 12.3. The zero-order valence-corrected chi connectivity index (χ0v) is 20.5. The van der Waals surface area contributed by atoms with E-state index >= 15 is 0 Å². The number of hydrogen-bond donors (Lipinski definition) is 1. The summed E-state index contributed by atoms with van der Waals surface area (Å²) < 4.78 is 17.1. The number of furan rings is 1. The zero-order chi connectivity index (χ0) is 24.5. The molecule has 1 aromatic heterocycles. The number of methoxy groups -OCH3 is 1. The average Bonchev–Trinajstić information content (AvgIpc) is 3.24. The molecule has 1 aliphatic rings. The summed E-state index contributed by atoms with van der Waals surface area (Å²) in [4.78, 5) is 15.6. The lowest BCUT2D eigenvalue weighted by Crippen LogP contribution is -2.34. The Kier molecular flexibility index (Phi) is 6.39. The van der Waals surface area contributed by atoms with Crippen LogP contribution in [0.25, 0.3) is 21.7 Å². The lowest BCUT2D eigenvalue weighted by Gasteiger charge is -2.36. The van der Waals surface area contributed by atoms with Gasteiger partial charge in [-0.05, 0) is 57.5 Å². The van der Waals surface area contributed by atoms with Crippen LogP contribution in [0.3, 0.4) is 0 Å². The van der Waals surface area contributed by atoms with Crippen LogP contribution in [-0.2, 0) is 4.74 Å². The summed E-state index contributed by atoms with van der Waals surface area (Å²) >= 11 is 0. The van der Waals surface area contributed by atoms with Crippen LogP contribution in [0.2, 0.25) is 0 Å². The highest BCUT2D eigenvalue weighted by molar-refractivity contribution is 6.16. The molecule has 0 amide bonds. The maximum atomic E-state index is 13.2. The van der Waals surface area contributed by atoms with Crippen molar-refractivity contribution in [2.45, 2.75) is 39.2 Å². The number of carbonyl (C=O) groups excluding carboxylic acids is 1. The van der Waals surface area contributed by atoms with E-state index in [0.717, 1.165) is 42.6 Å². The van der Waals surface area contributed by atoms with E-state index in [9.17, 15) is 9.90 Å². The minimum absolute atomic E-state index is 0.172. The first-order chi connectivity index (χ1) is 17.0. The average molecular weight is 474 g/mol. The molecule has 5 rings (SSSR count). The molecule has 1 atom stereocenters. The van der Waals surface area contributed by atoms with E-state index in [1.807, 2.05) is 48.5 Å². The first kappa shape index (κ1) is 23.2. The number of benzene rings is 3. The van der Waals surface area contributed by atoms with Crippen LogP contribution in [0.15, 0.2) is 52.9 Å². The van der Waals surface area contributed by atoms with Gasteiger partial charge in [0.2, 0.25) is 0 Å². The number of fused-ring (bicyclic) bond motifs is 3. The molecule has 6 heteroatoms. The van der Waals surface area contributed by atoms with Gasteiger partial charge in [0.25, 0.3) is 0 Å². The monoisotopic (exact) mass is 473 g/mol. The number of likely N-dealkylation sites (tertiary alicyclic amines) is 1. The molecule has 3 aromatic carbocycles. The Morgan fingerprint density at radius 3 is 2.40 bits per heavy atom. The molecule has 4 aromatic rings. The summed E-state index contributed by atoms with van der Waals surface area (Å²) in [5, 5.41) is 13.9. The first-order valence-electron chi connectivity index (χ1n) is 12.3. The van der Waals surface area contributed by atoms with Crippen molar-refractivity contribution >= 4 is 27.7 Å². The van der Waals surface area contributed by atoms with Crippen LogP contribution in [0.4, 0.5) is 0 Å². The number of piperidine rings is 1. The predicted octanol–water partition coefficient (Wildman–Crippen LogP) is 6.36. The summed E-state index contributed by atoms with van der Waals surface area (Å²) in [6, 6.07) is 15.3.